The maximum absolute atomic E-state index is 10.3. The quantitative estimate of drug-likeness (QED) is 0.498. The zero-order valence-electron chi connectivity index (χ0n) is 7.65. The van der Waals surface area contributed by atoms with Crippen LogP contribution in [0.2, 0.25) is 0 Å². The number of unbranched alkanes of at least 4 members (excludes halogenated alkanes) is 2. The lowest BCUT2D eigenvalue weighted by molar-refractivity contribution is 0.392. The standard InChI is InChI=1S/C7H17NO3S/c1-8(2)6-4-3-5-7-12(9,10)11/h3-7H2,1-2H3,(H,9,10,11). The first-order valence-corrected chi connectivity index (χ1v) is 5.62. The molecule has 0 aromatic carbocycles. The second-order valence-electron chi connectivity index (χ2n) is 3.15. The van der Waals surface area contributed by atoms with Crippen LogP contribution >= 0.6 is 0 Å². The fraction of sp³-hybridized carbons (Fsp3) is 1.00. The minimum absolute atomic E-state index is 0.111. The average molecular weight is 195 g/mol. The van der Waals surface area contributed by atoms with E-state index in [1.165, 1.54) is 0 Å². The molecule has 0 heterocycles. The highest BCUT2D eigenvalue weighted by Gasteiger charge is 2.02. The molecule has 0 rings (SSSR count). The Morgan fingerprint density at radius 2 is 1.75 bits per heavy atom. The van der Waals surface area contributed by atoms with Gasteiger partial charge in [0.1, 0.15) is 0 Å². The van der Waals surface area contributed by atoms with Crippen molar-refractivity contribution in [3.8, 4) is 0 Å². The molecule has 5 heteroatoms. The molecule has 12 heavy (non-hydrogen) atoms. The van der Waals surface area contributed by atoms with E-state index in [1.54, 1.807) is 0 Å². The van der Waals surface area contributed by atoms with Crippen molar-refractivity contribution in [2.24, 2.45) is 0 Å². The smallest absolute Gasteiger partial charge is 0.264 e. The van der Waals surface area contributed by atoms with Gasteiger partial charge in [-0.15, -0.1) is 0 Å². The first kappa shape index (κ1) is 11.9. The van der Waals surface area contributed by atoms with Crippen LogP contribution in [0.15, 0.2) is 0 Å². The van der Waals surface area contributed by atoms with Crippen molar-refractivity contribution in [2.75, 3.05) is 26.4 Å². The van der Waals surface area contributed by atoms with Crippen molar-refractivity contribution in [1.29, 1.82) is 0 Å². The summed E-state index contributed by atoms with van der Waals surface area (Å²) >= 11 is 0. The molecule has 1 N–H and O–H groups in total. The molecule has 0 aliphatic carbocycles. The molecule has 4 nitrogen and oxygen atoms in total. The van der Waals surface area contributed by atoms with E-state index >= 15 is 0 Å². The normalized spacial score (nSPS) is 12.3. The molecule has 0 aliphatic rings. The van der Waals surface area contributed by atoms with Gasteiger partial charge in [0.25, 0.3) is 10.1 Å². The monoisotopic (exact) mass is 195 g/mol. The summed E-state index contributed by atoms with van der Waals surface area (Å²) in [4.78, 5) is 2.05. The Kier molecular flexibility index (Phi) is 5.44. The van der Waals surface area contributed by atoms with Gasteiger partial charge in [0.2, 0.25) is 0 Å². The fourth-order valence-corrected chi connectivity index (χ4v) is 1.46. The Labute approximate surface area is 74.3 Å². The van der Waals surface area contributed by atoms with Gasteiger partial charge in [0, 0.05) is 0 Å². The maximum Gasteiger partial charge on any atom is 0.264 e. The third-order valence-electron chi connectivity index (χ3n) is 1.51. The van der Waals surface area contributed by atoms with Gasteiger partial charge in [-0.2, -0.15) is 8.42 Å². The average Bonchev–Trinajstić information content (AvgIpc) is 1.83. The second-order valence-corrected chi connectivity index (χ2v) is 4.72. The van der Waals surface area contributed by atoms with Crippen LogP contribution in [-0.4, -0.2) is 44.3 Å². The van der Waals surface area contributed by atoms with Gasteiger partial charge >= 0.3 is 0 Å². The van der Waals surface area contributed by atoms with E-state index in [2.05, 4.69) is 0 Å². The zero-order valence-corrected chi connectivity index (χ0v) is 8.47. The molecule has 0 aromatic rings. The Balaban J connectivity index is 3.23. The third-order valence-corrected chi connectivity index (χ3v) is 2.31. The second kappa shape index (κ2) is 5.50. The number of hydrogen-bond donors (Lipinski definition) is 1. The van der Waals surface area contributed by atoms with E-state index in [9.17, 15) is 8.42 Å². The highest BCUT2D eigenvalue weighted by Crippen LogP contribution is 1.98. The summed E-state index contributed by atoms with van der Waals surface area (Å²) in [7, 11) is 0.212. The topological polar surface area (TPSA) is 57.6 Å². The number of hydrogen-bond acceptors (Lipinski definition) is 3. The first-order valence-electron chi connectivity index (χ1n) is 4.02. The van der Waals surface area contributed by atoms with Crippen LogP contribution in [-0.2, 0) is 10.1 Å². The zero-order chi connectivity index (χ0) is 9.61. The lowest BCUT2D eigenvalue weighted by atomic mass is 10.2. The van der Waals surface area contributed by atoms with E-state index in [0.29, 0.717) is 6.42 Å². The van der Waals surface area contributed by atoms with Gasteiger partial charge in [-0.05, 0) is 33.5 Å². The van der Waals surface area contributed by atoms with Gasteiger partial charge in [-0.1, -0.05) is 6.42 Å². The summed E-state index contributed by atoms with van der Waals surface area (Å²) < 4.78 is 28.9. The van der Waals surface area contributed by atoms with Crippen LogP contribution in [0, 0.1) is 0 Å². The minimum atomic E-state index is -3.74. The van der Waals surface area contributed by atoms with Crippen LogP contribution < -0.4 is 0 Å². The summed E-state index contributed by atoms with van der Waals surface area (Å²) in [5, 5.41) is 0. The van der Waals surface area contributed by atoms with E-state index in [-0.39, 0.29) is 5.75 Å². The summed E-state index contributed by atoms with van der Waals surface area (Å²) in [6.45, 7) is 0.964. The molecule has 0 saturated heterocycles. The maximum atomic E-state index is 10.3. The lowest BCUT2D eigenvalue weighted by Gasteiger charge is -2.07. The van der Waals surface area contributed by atoms with Crippen LogP contribution in [0.3, 0.4) is 0 Å². The molecule has 74 valence electrons. The predicted octanol–water partition coefficient (Wildman–Crippen LogP) is 0.606. The first-order chi connectivity index (χ1) is 5.42. The van der Waals surface area contributed by atoms with Gasteiger partial charge in [-0.3, -0.25) is 4.55 Å². The van der Waals surface area contributed by atoms with Gasteiger partial charge < -0.3 is 4.90 Å². The molecule has 0 aromatic heterocycles. The van der Waals surface area contributed by atoms with Gasteiger partial charge in [0.05, 0.1) is 5.75 Å². The van der Waals surface area contributed by atoms with Crippen LogP contribution in [0.25, 0.3) is 0 Å². The fourth-order valence-electron chi connectivity index (χ4n) is 0.889. The van der Waals surface area contributed by atoms with E-state index in [0.717, 1.165) is 19.4 Å². The summed E-state index contributed by atoms with van der Waals surface area (Å²) in [5.41, 5.74) is 0. The Morgan fingerprint density at radius 1 is 1.17 bits per heavy atom. The van der Waals surface area contributed by atoms with E-state index < -0.39 is 10.1 Å². The molecular weight excluding hydrogens is 178 g/mol. The molecular formula is C7H17NO3S. The Hall–Kier alpha value is -0.130. The molecule has 0 fully saturated rings. The number of rotatable bonds is 6. The lowest BCUT2D eigenvalue weighted by Crippen LogP contribution is -2.13. The molecule has 0 bridgehead atoms. The summed E-state index contributed by atoms with van der Waals surface area (Å²) in [6, 6.07) is 0. The van der Waals surface area contributed by atoms with Crippen LogP contribution in [0.5, 0.6) is 0 Å². The SMILES string of the molecule is CN(C)CCCCCS(=O)(=O)O. The van der Waals surface area contributed by atoms with Crippen molar-refractivity contribution in [3.05, 3.63) is 0 Å². The van der Waals surface area contributed by atoms with Crippen molar-refractivity contribution in [3.63, 3.8) is 0 Å². The van der Waals surface area contributed by atoms with Gasteiger partial charge in [-0.25, -0.2) is 0 Å². The van der Waals surface area contributed by atoms with Crippen molar-refractivity contribution >= 4 is 10.1 Å². The molecule has 0 spiro atoms. The Morgan fingerprint density at radius 3 is 2.17 bits per heavy atom. The van der Waals surface area contributed by atoms with Gasteiger partial charge in [0.15, 0.2) is 0 Å². The molecule has 0 saturated carbocycles. The highest BCUT2D eigenvalue weighted by atomic mass is 32.2. The molecule has 0 aliphatic heterocycles. The van der Waals surface area contributed by atoms with E-state index in [4.69, 9.17) is 4.55 Å². The molecule has 0 amide bonds. The minimum Gasteiger partial charge on any atom is -0.309 e. The van der Waals surface area contributed by atoms with Crippen molar-refractivity contribution in [2.45, 2.75) is 19.3 Å². The van der Waals surface area contributed by atoms with Crippen molar-refractivity contribution in [1.82, 2.24) is 4.90 Å². The summed E-state index contributed by atoms with van der Waals surface area (Å²) in [5.74, 6) is -0.111. The largest absolute Gasteiger partial charge is 0.309 e. The van der Waals surface area contributed by atoms with Crippen LogP contribution in [0.4, 0.5) is 0 Å². The van der Waals surface area contributed by atoms with E-state index in [1.807, 2.05) is 19.0 Å². The molecule has 0 radical (unpaired) electrons. The number of nitrogens with zero attached hydrogens (tertiary/aromatic N) is 1. The Bertz CT molecular complexity index is 199. The molecule has 0 unspecified atom stereocenters. The van der Waals surface area contributed by atoms with Crippen molar-refractivity contribution < 1.29 is 13.0 Å². The third kappa shape index (κ3) is 9.87. The summed E-state index contributed by atoms with van der Waals surface area (Å²) in [6.07, 6.45) is 2.37. The molecule has 0 atom stereocenters. The van der Waals surface area contributed by atoms with Crippen LogP contribution in [0.1, 0.15) is 19.3 Å². The highest BCUT2D eigenvalue weighted by molar-refractivity contribution is 7.85. The predicted molar refractivity (Wildman–Crippen MR) is 48.8 cm³/mol.